The summed E-state index contributed by atoms with van der Waals surface area (Å²) in [4.78, 5) is 64.9. The van der Waals surface area contributed by atoms with Gasteiger partial charge in [0.05, 0.1) is 11.4 Å². The molecule has 0 aromatic heterocycles. The monoisotopic (exact) mass is 386 g/mol. The number of hydrogen-bond donors (Lipinski definition) is 1. The molecule has 0 radical (unpaired) electrons. The highest BCUT2D eigenvalue weighted by molar-refractivity contribution is 6.45. The van der Waals surface area contributed by atoms with Gasteiger partial charge in [0.1, 0.15) is 6.54 Å². The van der Waals surface area contributed by atoms with Crippen molar-refractivity contribution >= 4 is 41.0 Å². The van der Waals surface area contributed by atoms with Crippen LogP contribution in [0.2, 0.25) is 0 Å². The Balaban J connectivity index is 1.86. The number of carbonyl (C=O) groups excluding carboxylic acids is 5. The molecule has 3 rings (SSSR count). The third-order valence-electron chi connectivity index (χ3n) is 4.60. The van der Waals surface area contributed by atoms with Crippen LogP contribution in [0.25, 0.3) is 0 Å². The van der Waals surface area contributed by atoms with E-state index in [1.165, 1.54) is 4.90 Å². The Bertz CT molecular complexity index is 866. The first kappa shape index (κ1) is 19.5. The number of nitrogens with zero attached hydrogens (tertiary/aromatic N) is 3. The minimum atomic E-state index is -1.01. The number of rotatable bonds is 4. The van der Waals surface area contributed by atoms with Gasteiger partial charge in [-0.1, -0.05) is 26.0 Å². The van der Waals surface area contributed by atoms with Crippen molar-refractivity contribution in [1.82, 2.24) is 9.80 Å². The minimum Gasteiger partial charge on any atom is -0.324 e. The number of urea groups is 1. The number of anilines is 2. The third kappa shape index (κ3) is 3.47. The number of benzene rings is 1. The molecule has 0 unspecified atom stereocenters. The largest absolute Gasteiger partial charge is 0.334 e. The summed E-state index contributed by atoms with van der Waals surface area (Å²) in [5, 5.41) is 2.74. The van der Waals surface area contributed by atoms with E-state index in [0.717, 1.165) is 4.90 Å². The van der Waals surface area contributed by atoms with E-state index >= 15 is 0 Å². The maximum atomic E-state index is 13.0. The van der Waals surface area contributed by atoms with Gasteiger partial charge in [-0.25, -0.2) is 9.69 Å². The van der Waals surface area contributed by atoms with Crippen molar-refractivity contribution < 1.29 is 24.0 Å². The molecule has 2 heterocycles. The Morgan fingerprint density at radius 1 is 1.11 bits per heavy atom. The summed E-state index contributed by atoms with van der Waals surface area (Å²) in [5.41, 5.74) is 0.956. The fourth-order valence-corrected chi connectivity index (χ4v) is 3.40. The van der Waals surface area contributed by atoms with Crippen LogP contribution in [-0.4, -0.2) is 58.6 Å². The number of fused-ring (bicyclic) bond motifs is 1. The first-order chi connectivity index (χ1) is 13.2. The smallest absolute Gasteiger partial charge is 0.324 e. The third-order valence-corrected chi connectivity index (χ3v) is 4.60. The Morgan fingerprint density at radius 2 is 1.75 bits per heavy atom. The van der Waals surface area contributed by atoms with Crippen LogP contribution >= 0.6 is 0 Å². The molecule has 1 aromatic rings. The molecule has 6 amide bonds. The number of carbonyl (C=O) groups is 5. The number of nitrogens with one attached hydrogen (secondary N) is 1. The molecule has 28 heavy (non-hydrogen) atoms. The summed E-state index contributed by atoms with van der Waals surface area (Å²) in [6.45, 7) is 4.89. The predicted octanol–water partition coefficient (Wildman–Crippen LogP) is 1.20. The van der Waals surface area contributed by atoms with Crippen molar-refractivity contribution in [2.75, 3.05) is 23.3 Å². The van der Waals surface area contributed by atoms with Gasteiger partial charge in [-0.3, -0.25) is 24.1 Å². The zero-order valence-corrected chi connectivity index (χ0v) is 16.0. The lowest BCUT2D eigenvalue weighted by Crippen LogP contribution is -2.47. The quantitative estimate of drug-likeness (QED) is 0.618. The summed E-state index contributed by atoms with van der Waals surface area (Å²) in [5.74, 6) is -2.72. The molecule has 1 saturated heterocycles. The van der Waals surface area contributed by atoms with Crippen LogP contribution in [-0.2, 0) is 19.2 Å². The fraction of sp³-hybridized carbons (Fsp3) is 0.421. The molecule has 0 bridgehead atoms. The highest BCUT2D eigenvalue weighted by atomic mass is 16.2. The van der Waals surface area contributed by atoms with E-state index in [2.05, 4.69) is 5.32 Å². The number of para-hydroxylation sites is 2. The van der Waals surface area contributed by atoms with Gasteiger partial charge in [0.2, 0.25) is 11.8 Å². The van der Waals surface area contributed by atoms with Gasteiger partial charge in [-0.2, -0.15) is 0 Å². The highest BCUT2D eigenvalue weighted by Gasteiger charge is 2.46. The van der Waals surface area contributed by atoms with E-state index in [1.807, 2.05) is 13.8 Å². The summed E-state index contributed by atoms with van der Waals surface area (Å²) in [6.07, 6.45) is 0.0702. The summed E-state index contributed by atoms with van der Waals surface area (Å²) >= 11 is 0. The first-order valence-corrected chi connectivity index (χ1v) is 9.09. The Morgan fingerprint density at radius 3 is 2.43 bits per heavy atom. The van der Waals surface area contributed by atoms with E-state index in [1.54, 1.807) is 31.2 Å². The molecule has 1 aromatic carbocycles. The van der Waals surface area contributed by atoms with E-state index < -0.39 is 36.3 Å². The first-order valence-electron chi connectivity index (χ1n) is 9.09. The molecule has 148 valence electrons. The number of amides is 6. The van der Waals surface area contributed by atoms with Crippen LogP contribution in [0.1, 0.15) is 27.2 Å². The van der Waals surface area contributed by atoms with Crippen LogP contribution < -0.4 is 10.2 Å². The van der Waals surface area contributed by atoms with Crippen LogP contribution in [0, 0.1) is 5.92 Å². The van der Waals surface area contributed by atoms with Gasteiger partial charge in [-0.05, 0) is 25.0 Å². The molecule has 1 atom stereocenters. The molecule has 0 spiro atoms. The lowest BCUT2D eigenvalue weighted by molar-refractivity contribution is -0.144. The lowest BCUT2D eigenvalue weighted by atomic mass is 10.1. The summed E-state index contributed by atoms with van der Waals surface area (Å²) < 4.78 is 0. The van der Waals surface area contributed by atoms with E-state index in [9.17, 15) is 24.0 Å². The molecule has 1 fully saturated rings. The van der Waals surface area contributed by atoms with Gasteiger partial charge in [0.15, 0.2) is 0 Å². The molecule has 2 aliphatic rings. The van der Waals surface area contributed by atoms with Crippen LogP contribution in [0.15, 0.2) is 24.3 Å². The normalized spacial score (nSPS) is 19.9. The van der Waals surface area contributed by atoms with Gasteiger partial charge < -0.3 is 10.2 Å². The maximum absolute atomic E-state index is 13.0. The molecule has 2 aliphatic heterocycles. The molecule has 9 heteroatoms. The average molecular weight is 386 g/mol. The van der Waals surface area contributed by atoms with E-state index in [0.29, 0.717) is 16.3 Å². The second kappa shape index (κ2) is 7.41. The van der Waals surface area contributed by atoms with Crippen molar-refractivity contribution in [3.05, 3.63) is 24.3 Å². The second-order valence-electron chi connectivity index (χ2n) is 7.37. The van der Waals surface area contributed by atoms with Gasteiger partial charge >= 0.3 is 17.8 Å². The van der Waals surface area contributed by atoms with Crippen molar-refractivity contribution in [3.63, 3.8) is 0 Å². The van der Waals surface area contributed by atoms with Crippen LogP contribution in [0.5, 0.6) is 0 Å². The SMILES string of the molecule is CC(C)CN1C(=O)C(=O)N(CC(=O)N2c3ccccc3NC(=O)C[C@H]2C)C1=O. The Labute approximate surface area is 162 Å². The zero-order valence-electron chi connectivity index (χ0n) is 16.0. The van der Waals surface area contributed by atoms with Gasteiger partial charge in [0.25, 0.3) is 0 Å². The van der Waals surface area contributed by atoms with Crippen LogP contribution in [0.3, 0.4) is 0 Å². The zero-order chi connectivity index (χ0) is 20.6. The van der Waals surface area contributed by atoms with Crippen molar-refractivity contribution in [3.8, 4) is 0 Å². The fourth-order valence-electron chi connectivity index (χ4n) is 3.40. The number of imide groups is 2. The van der Waals surface area contributed by atoms with Gasteiger partial charge in [0, 0.05) is 19.0 Å². The standard InChI is InChI=1S/C19H22N4O5/c1-11(2)9-21-17(26)18(27)22(19(21)28)10-16(25)23-12(3)8-15(24)20-13-6-4-5-7-14(13)23/h4-7,11-12H,8-10H2,1-3H3,(H,20,24)/t12-/m1/s1. The van der Waals surface area contributed by atoms with Crippen molar-refractivity contribution in [2.45, 2.75) is 33.2 Å². The highest BCUT2D eigenvalue weighted by Crippen LogP contribution is 2.31. The second-order valence-corrected chi connectivity index (χ2v) is 7.37. The number of hydrogen-bond acceptors (Lipinski definition) is 5. The molecule has 0 saturated carbocycles. The molecular formula is C19H22N4O5. The Kier molecular flexibility index (Phi) is 5.17. The minimum absolute atomic E-state index is 0.00838. The van der Waals surface area contributed by atoms with Crippen molar-refractivity contribution in [2.24, 2.45) is 5.92 Å². The van der Waals surface area contributed by atoms with E-state index in [4.69, 9.17) is 0 Å². The van der Waals surface area contributed by atoms with E-state index in [-0.39, 0.29) is 24.8 Å². The molecular weight excluding hydrogens is 364 g/mol. The maximum Gasteiger partial charge on any atom is 0.334 e. The molecule has 0 aliphatic carbocycles. The van der Waals surface area contributed by atoms with Gasteiger partial charge in [-0.15, -0.1) is 0 Å². The summed E-state index contributed by atoms with van der Waals surface area (Å²) in [6, 6.07) is 5.54. The summed E-state index contributed by atoms with van der Waals surface area (Å²) in [7, 11) is 0. The topological polar surface area (TPSA) is 107 Å². The van der Waals surface area contributed by atoms with Crippen molar-refractivity contribution in [1.29, 1.82) is 0 Å². The van der Waals surface area contributed by atoms with Crippen LogP contribution in [0.4, 0.5) is 16.2 Å². The predicted molar refractivity (Wildman–Crippen MR) is 100 cm³/mol. The lowest BCUT2D eigenvalue weighted by Gasteiger charge is -2.29. The average Bonchev–Trinajstić information content (AvgIpc) is 2.75. The molecule has 9 nitrogen and oxygen atoms in total. The Hall–Kier alpha value is -3.23. The molecule has 1 N–H and O–H groups in total.